The zero-order valence-corrected chi connectivity index (χ0v) is 18.0. The van der Waals surface area contributed by atoms with Crippen LogP contribution in [0.15, 0.2) is 121 Å². The summed E-state index contributed by atoms with van der Waals surface area (Å²) in [6.07, 6.45) is -0.775. The van der Waals surface area contributed by atoms with Gasteiger partial charge in [-0.05, 0) is 22.3 Å². The van der Waals surface area contributed by atoms with Crippen molar-refractivity contribution in [1.82, 2.24) is 0 Å². The smallest absolute Gasteiger partial charge is 0.182 e. The van der Waals surface area contributed by atoms with Crippen LogP contribution >= 0.6 is 0 Å². The Morgan fingerprint density at radius 1 is 0.500 bits per heavy atom. The Hall–Kier alpha value is -3.24. The van der Waals surface area contributed by atoms with Gasteiger partial charge >= 0.3 is 0 Å². The standard InChI is InChI=1S/C29H28O3/c1-5-13-24(14-6-1)21-30-23-28(31-22-25-15-7-2-8-16-25)32-29(26-17-9-3-10-18-26)27-19-11-4-12-20-27/h1-20,28-29H,21-23H2. The van der Waals surface area contributed by atoms with Crippen molar-refractivity contribution in [2.75, 3.05) is 6.61 Å². The van der Waals surface area contributed by atoms with Gasteiger partial charge in [-0.3, -0.25) is 0 Å². The van der Waals surface area contributed by atoms with Crippen molar-refractivity contribution in [2.24, 2.45) is 0 Å². The fourth-order valence-corrected chi connectivity index (χ4v) is 3.49. The second-order valence-corrected chi connectivity index (χ2v) is 7.56. The van der Waals surface area contributed by atoms with Crippen molar-refractivity contribution in [1.29, 1.82) is 0 Å². The molecule has 0 aliphatic rings. The summed E-state index contributed by atoms with van der Waals surface area (Å²) in [5.74, 6) is 0. The summed E-state index contributed by atoms with van der Waals surface area (Å²) in [6, 6.07) is 40.7. The first-order valence-electron chi connectivity index (χ1n) is 10.9. The summed E-state index contributed by atoms with van der Waals surface area (Å²) >= 11 is 0. The molecular weight excluding hydrogens is 396 g/mol. The van der Waals surface area contributed by atoms with Crippen LogP contribution in [0.25, 0.3) is 0 Å². The first kappa shape index (κ1) is 22.0. The van der Waals surface area contributed by atoms with Crippen molar-refractivity contribution < 1.29 is 14.2 Å². The summed E-state index contributed by atoms with van der Waals surface area (Å²) in [7, 11) is 0. The number of ether oxygens (including phenoxy) is 3. The Bertz CT molecular complexity index is 981. The van der Waals surface area contributed by atoms with Gasteiger partial charge in [-0.2, -0.15) is 0 Å². The maximum Gasteiger partial charge on any atom is 0.182 e. The molecule has 4 aromatic carbocycles. The van der Waals surface area contributed by atoms with Crippen LogP contribution in [0.2, 0.25) is 0 Å². The van der Waals surface area contributed by atoms with Gasteiger partial charge in [0.1, 0.15) is 6.10 Å². The third-order valence-electron chi connectivity index (χ3n) is 5.14. The van der Waals surface area contributed by atoms with E-state index in [-0.39, 0.29) is 6.10 Å². The van der Waals surface area contributed by atoms with Gasteiger partial charge in [0, 0.05) is 0 Å². The van der Waals surface area contributed by atoms with Gasteiger partial charge < -0.3 is 14.2 Å². The van der Waals surface area contributed by atoms with Crippen LogP contribution in [0.1, 0.15) is 28.4 Å². The predicted molar refractivity (Wildman–Crippen MR) is 127 cm³/mol. The Labute approximate surface area is 190 Å². The van der Waals surface area contributed by atoms with Crippen molar-refractivity contribution in [3.63, 3.8) is 0 Å². The van der Waals surface area contributed by atoms with Crippen LogP contribution in [-0.2, 0) is 27.4 Å². The second kappa shape index (κ2) is 12.0. The van der Waals surface area contributed by atoms with Crippen LogP contribution < -0.4 is 0 Å². The molecule has 3 nitrogen and oxygen atoms in total. The minimum Gasteiger partial charge on any atom is -0.371 e. The average Bonchev–Trinajstić information content (AvgIpc) is 2.87. The summed E-state index contributed by atoms with van der Waals surface area (Å²) in [5.41, 5.74) is 4.38. The Kier molecular flexibility index (Phi) is 8.22. The molecule has 0 aromatic heterocycles. The fraction of sp³-hybridized carbons (Fsp3) is 0.172. The van der Waals surface area contributed by atoms with Gasteiger partial charge in [0.25, 0.3) is 0 Å². The van der Waals surface area contributed by atoms with E-state index < -0.39 is 6.29 Å². The Morgan fingerprint density at radius 2 is 0.938 bits per heavy atom. The molecule has 0 amide bonds. The molecule has 1 atom stereocenters. The molecule has 0 aliphatic carbocycles. The van der Waals surface area contributed by atoms with Gasteiger partial charge in [-0.25, -0.2) is 0 Å². The average molecular weight is 425 g/mol. The lowest BCUT2D eigenvalue weighted by molar-refractivity contribution is -0.197. The molecule has 0 saturated heterocycles. The first-order valence-corrected chi connectivity index (χ1v) is 10.9. The SMILES string of the molecule is c1ccc(COCC(OCc2ccccc2)OC(c2ccccc2)c2ccccc2)cc1. The number of hydrogen-bond acceptors (Lipinski definition) is 3. The molecular formula is C29H28O3. The highest BCUT2D eigenvalue weighted by atomic mass is 16.7. The van der Waals surface area contributed by atoms with E-state index in [4.69, 9.17) is 14.2 Å². The molecule has 0 fully saturated rings. The molecule has 32 heavy (non-hydrogen) atoms. The fourth-order valence-electron chi connectivity index (χ4n) is 3.49. The summed E-state index contributed by atoms with van der Waals surface area (Å²) in [5, 5.41) is 0. The topological polar surface area (TPSA) is 27.7 Å². The maximum atomic E-state index is 6.54. The first-order chi connectivity index (χ1) is 15.9. The van der Waals surface area contributed by atoms with Gasteiger partial charge in [0.2, 0.25) is 0 Å². The Balaban J connectivity index is 1.49. The monoisotopic (exact) mass is 424 g/mol. The summed E-state index contributed by atoms with van der Waals surface area (Å²) < 4.78 is 18.7. The third-order valence-corrected chi connectivity index (χ3v) is 5.14. The molecule has 162 valence electrons. The van der Waals surface area contributed by atoms with E-state index in [1.807, 2.05) is 84.9 Å². The second-order valence-electron chi connectivity index (χ2n) is 7.56. The lowest BCUT2D eigenvalue weighted by Crippen LogP contribution is -2.26. The van der Waals surface area contributed by atoms with E-state index in [0.29, 0.717) is 19.8 Å². The third kappa shape index (κ3) is 6.63. The van der Waals surface area contributed by atoms with Crippen LogP contribution in [0.5, 0.6) is 0 Å². The largest absolute Gasteiger partial charge is 0.371 e. The van der Waals surface area contributed by atoms with E-state index in [0.717, 1.165) is 22.3 Å². The predicted octanol–water partition coefficient (Wildman–Crippen LogP) is 6.55. The lowest BCUT2D eigenvalue weighted by atomic mass is 10.0. The van der Waals surface area contributed by atoms with E-state index in [9.17, 15) is 0 Å². The highest BCUT2D eigenvalue weighted by Gasteiger charge is 2.21. The molecule has 0 N–H and O–H groups in total. The molecule has 0 aliphatic heterocycles. The van der Waals surface area contributed by atoms with Crippen molar-refractivity contribution in [2.45, 2.75) is 25.6 Å². The highest BCUT2D eigenvalue weighted by Crippen LogP contribution is 2.28. The maximum absolute atomic E-state index is 6.54. The molecule has 4 rings (SSSR count). The van der Waals surface area contributed by atoms with Gasteiger partial charge in [0.15, 0.2) is 6.29 Å². The van der Waals surface area contributed by atoms with E-state index in [1.54, 1.807) is 0 Å². The van der Waals surface area contributed by atoms with Gasteiger partial charge in [-0.1, -0.05) is 121 Å². The summed E-state index contributed by atoms with van der Waals surface area (Å²) in [4.78, 5) is 0. The quantitative estimate of drug-likeness (QED) is 0.255. The normalized spacial score (nSPS) is 12.0. The van der Waals surface area contributed by atoms with Crippen molar-refractivity contribution in [3.8, 4) is 0 Å². The number of rotatable bonds is 11. The van der Waals surface area contributed by atoms with E-state index in [2.05, 4.69) is 36.4 Å². The van der Waals surface area contributed by atoms with Gasteiger partial charge in [0.05, 0.1) is 19.8 Å². The molecule has 0 bridgehead atoms. The molecule has 0 saturated carbocycles. The van der Waals surface area contributed by atoms with Crippen LogP contribution in [0, 0.1) is 0 Å². The molecule has 0 spiro atoms. The molecule has 1 unspecified atom stereocenters. The Morgan fingerprint density at radius 3 is 1.44 bits per heavy atom. The molecule has 3 heteroatoms. The van der Waals surface area contributed by atoms with Crippen molar-refractivity contribution >= 4 is 0 Å². The zero-order valence-electron chi connectivity index (χ0n) is 18.0. The summed E-state index contributed by atoms with van der Waals surface area (Å²) in [6.45, 7) is 1.30. The number of hydrogen-bond donors (Lipinski definition) is 0. The zero-order chi connectivity index (χ0) is 21.8. The van der Waals surface area contributed by atoms with Crippen LogP contribution in [-0.4, -0.2) is 12.9 Å². The molecule has 0 radical (unpaired) electrons. The van der Waals surface area contributed by atoms with E-state index >= 15 is 0 Å². The lowest BCUT2D eigenvalue weighted by Gasteiger charge is -2.26. The van der Waals surface area contributed by atoms with Crippen LogP contribution in [0.4, 0.5) is 0 Å². The number of benzene rings is 4. The minimum absolute atomic E-state index is 0.251. The van der Waals surface area contributed by atoms with Crippen LogP contribution in [0.3, 0.4) is 0 Å². The molecule has 0 heterocycles. The van der Waals surface area contributed by atoms with Crippen molar-refractivity contribution in [3.05, 3.63) is 144 Å². The minimum atomic E-state index is -0.524. The van der Waals surface area contributed by atoms with E-state index in [1.165, 1.54) is 0 Å². The molecule has 4 aromatic rings. The van der Waals surface area contributed by atoms with Gasteiger partial charge in [-0.15, -0.1) is 0 Å². The highest BCUT2D eigenvalue weighted by molar-refractivity contribution is 5.30.